The van der Waals surface area contributed by atoms with Gasteiger partial charge in [-0.3, -0.25) is 5.41 Å². The van der Waals surface area contributed by atoms with E-state index in [0.29, 0.717) is 17.4 Å². The Morgan fingerprint density at radius 3 is 2.64 bits per heavy atom. The van der Waals surface area contributed by atoms with Crippen LogP contribution >= 0.6 is 0 Å². The zero-order valence-electron chi connectivity index (χ0n) is 8.53. The van der Waals surface area contributed by atoms with Gasteiger partial charge in [-0.05, 0) is 20.8 Å². The molecule has 0 atom stereocenters. The first-order chi connectivity index (χ1) is 6.49. The summed E-state index contributed by atoms with van der Waals surface area (Å²) in [5.74, 6) is 0.926. The number of rotatable bonds is 3. The van der Waals surface area contributed by atoms with Crippen molar-refractivity contribution in [3.05, 3.63) is 17.6 Å². The summed E-state index contributed by atoms with van der Waals surface area (Å²) in [6, 6.07) is 1.56. The van der Waals surface area contributed by atoms with Crippen LogP contribution in [0.3, 0.4) is 0 Å². The lowest BCUT2D eigenvalue weighted by atomic mass is 10.3. The van der Waals surface area contributed by atoms with E-state index in [0.717, 1.165) is 0 Å². The highest BCUT2D eigenvalue weighted by Crippen LogP contribution is 2.10. The fourth-order valence-electron chi connectivity index (χ4n) is 0.980. The summed E-state index contributed by atoms with van der Waals surface area (Å²) in [5, 5.41) is 7.24. The first-order valence-corrected chi connectivity index (χ1v) is 4.35. The zero-order valence-corrected chi connectivity index (χ0v) is 8.53. The standard InChI is InChI=1S/C9H14N4O/c1-5(2)14-8-4-7(9(10)11)12-6(3)13-8/h4-5H,1-3H3,(H3,10,11). The van der Waals surface area contributed by atoms with Crippen molar-refractivity contribution in [1.29, 1.82) is 5.41 Å². The molecule has 14 heavy (non-hydrogen) atoms. The van der Waals surface area contributed by atoms with Gasteiger partial charge in [0.15, 0.2) is 0 Å². The Labute approximate surface area is 82.8 Å². The summed E-state index contributed by atoms with van der Waals surface area (Å²) >= 11 is 0. The Hall–Kier alpha value is -1.65. The molecule has 0 aliphatic rings. The molecule has 3 N–H and O–H groups in total. The lowest BCUT2D eigenvalue weighted by Crippen LogP contribution is -2.16. The van der Waals surface area contributed by atoms with E-state index in [1.54, 1.807) is 13.0 Å². The van der Waals surface area contributed by atoms with E-state index in [4.69, 9.17) is 15.9 Å². The molecule has 1 rings (SSSR count). The fourth-order valence-corrected chi connectivity index (χ4v) is 0.980. The van der Waals surface area contributed by atoms with Crippen molar-refractivity contribution in [3.63, 3.8) is 0 Å². The molecule has 0 amide bonds. The number of nitrogens with two attached hydrogens (primary N) is 1. The predicted octanol–water partition coefficient (Wildman–Crippen LogP) is 0.856. The Bertz CT molecular complexity index is 349. The van der Waals surface area contributed by atoms with E-state index in [1.807, 2.05) is 13.8 Å². The Kier molecular flexibility index (Phi) is 3.01. The van der Waals surface area contributed by atoms with Gasteiger partial charge in [0.25, 0.3) is 0 Å². The van der Waals surface area contributed by atoms with Crippen LogP contribution < -0.4 is 10.5 Å². The van der Waals surface area contributed by atoms with Gasteiger partial charge >= 0.3 is 0 Å². The fraction of sp³-hybridized carbons (Fsp3) is 0.444. The molecule has 5 nitrogen and oxygen atoms in total. The van der Waals surface area contributed by atoms with Crippen LogP contribution in [-0.2, 0) is 0 Å². The smallest absolute Gasteiger partial charge is 0.217 e. The summed E-state index contributed by atoms with van der Waals surface area (Å²) in [6.45, 7) is 5.55. The van der Waals surface area contributed by atoms with Gasteiger partial charge in [-0.25, -0.2) is 4.98 Å². The largest absolute Gasteiger partial charge is 0.475 e. The number of nitrogens with zero attached hydrogens (tertiary/aromatic N) is 2. The second kappa shape index (κ2) is 4.04. The molecule has 0 bridgehead atoms. The van der Waals surface area contributed by atoms with Crippen LogP contribution in [0.4, 0.5) is 0 Å². The van der Waals surface area contributed by atoms with Crippen molar-refractivity contribution in [2.24, 2.45) is 5.73 Å². The van der Waals surface area contributed by atoms with Gasteiger partial charge in [-0.15, -0.1) is 0 Å². The number of hydrogen-bond acceptors (Lipinski definition) is 4. The van der Waals surface area contributed by atoms with Gasteiger partial charge in [0.1, 0.15) is 17.4 Å². The number of nitrogen functional groups attached to an aromatic ring is 1. The van der Waals surface area contributed by atoms with Crippen molar-refractivity contribution >= 4 is 5.84 Å². The molecule has 0 saturated heterocycles. The van der Waals surface area contributed by atoms with Crippen molar-refractivity contribution in [1.82, 2.24) is 9.97 Å². The molecule has 0 aliphatic heterocycles. The third-order valence-electron chi connectivity index (χ3n) is 1.45. The van der Waals surface area contributed by atoms with E-state index in [9.17, 15) is 0 Å². The van der Waals surface area contributed by atoms with Gasteiger partial charge in [0, 0.05) is 6.07 Å². The van der Waals surface area contributed by atoms with Crippen LogP contribution in [0.25, 0.3) is 0 Å². The monoisotopic (exact) mass is 194 g/mol. The number of aromatic nitrogens is 2. The number of hydrogen-bond donors (Lipinski definition) is 2. The minimum atomic E-state index is -0.0795. The van der Waals surface area contributed by atoms with Crippen molar-refractivity contribution in [3.8, 4) is 5.88 Å². The van der Waals surface area contributed by atoms with Crippen LogP contribution in [0.2, 0.25) is 0 Å². The Morgan fingerprint density at radius 1 is 1.50 bits per heavy atom. The van der Waals surface area contributed by atoms with Crippen LogP contribution in [0, 0.1) is 12.3 Å². The summed E-state index contributed by atoms with van der Waals surface area (Å²) in [7, 11) is 0. The lowest BCUT2D eigenvalue weighted by molar-refractivity contribution is 0.231. The van der Waals surface area contributed by atoms with E-state index < -0.39 is 0 Å². The first kappa shape index (κ1) is 10.4. The van der Waals surface area contributed by atoms with Gasteiger partial charge in [0.05, 0.1) is 6.10 Å². The minimum Gasteiger partial charge on any atom is -0.475 e. The lowest BCUT2D eigenvalue weighted by Gasteiger charge is -2.09. The molecule has 76 valence electrons. The van der Waals surface area contributed by atoms with Crippen LogP contribution in [0.5, 0.6) is 5.88 Å². The third-order valence-corrected chi connectivity index (χ3v) is 1.45. The van der Waals surface area contributed by atoms with Crippen molar-refractivity contribution in [2.75, 3.05) is 0 Å². The van der Waals surface area contributed by atoms with Crippen LogP contribution in [0.1, 0.15) is 25.4 Å². The Morgan fingerprint density at radius 2 is 2.14 bits per heavy atom. The topological polar surface area (TPSA) is 84.9 Å². The minimum absolute atomic E-state index is 0.0455. The van der Waals surface area contributed by atoms with E-state index >= 15 is 0 Å². The number of nitrogens with one attached hydrogen (secondary N) is 1. The molecule has 1 heterocycles. The van der Waals surface area contributed by atoms with E-state index in [-0.39, 0.29) is 11.9 Å². The summed E-state index contributed by atoms with van der Waals surface area (Å²) in [5.41, 5.74) is 5.72. The van der Waals surface area contributed by atoms with Gasteiger partial charge in [-0.1, -0.05) is 0 Å². The molecule has 1 aromatic heterocycles. The highest BCUT2D eigenvalue weighted by atomic mass is 16.5. The predicted molar refractivity (Wildman–Crippen MR) is 53.5 cm³/mol. The molecule has 0 radical (unpaired) electrons. The molecule has 0 aromatic carbocycles. The molecule has 1 aromatic rings. The summed E-state index contributed by atoms with van der Waals surface area (Å²) < 4.78 is 5.38. The quantitative estimate of drug-likeness (QED) is 0.552. The summed E-state index contributed by atoms with van der Waals surface area (Å²) in [4.78, 5) is 8.07. The van der Waals surface area contributed by atoms with E-state index in [1.165, 1.54) is 0 Å². The maximum Gasteiger partial charge on any atom is 0.217 e. The number of aryl methyl sites for hydroxylation is 1. The molecule has 0 saturated carbocycles. The van der Waals surface area contributed by atoms with Crippen molar-refractivity contribution in [2.45, 2.75) is 26.9 Å². The van der Waals surface area contributed by atoms with Gasteiger partial charge in [-0.2, -0.15) is 4.98 Å². The molecule has 0 aliphatic carbocycles. The van der Waals surface area contributed by atoms with Gasteiger partial charge < -0.3 is 10.5 Å². The highest BCUT2D eigenvalue weighted by molar-refractivity contribution is 5.93. The van der Waals surface area contributed by atoms with Crippen LogP contribution in [0.15, 0.2) is 6.07 Å². The normalized spacial score (nSPS) is 10.3. The SMILES string of the molecule is Cc1nc(OC(C)C)cc(C(=N)N)n1. The number of ether oxygens (including phenoxy) is 1. The first-order valence-electron chi connectivity index (χ1n) is 4.35. The molecule has 0 unspecified atom stereocenters. The second-order valence-corrected chi connectivity index (χ2v) is 3.22. The molecular formula is C9H14N4O. The summed E-state index contributed by atoms with van der Waals surface area (Å²) in [6.07, 6.45) is 0.0455. The van der Waals surface area contributed by atoms with Crippen LogP contribution in [-0.4, -0.2) is 21.9 Å². The van der Waals surface area contributed by atoms with E-state index in [2.05, 4.69) is 9.97 Å². The molecule has 5 heteroatoms. The maximum atomic E-state index is 7.24. The third kappa shape index (κ3) is 2.69. The molecule has 0 spiro atoms. The van der Waals surface area contributed by atoms with Crippen molar-refractivity contribution < 1.29 is 4.74 Å². The molecule has 0 fully saturated rings. The van der Waals surface area contributed by atoms with Gasteiger partial charge in [0.2, 0.25) is 5.88 Å². The average molecular weight is 194 g/mol. The average Bonchev–Trinajstić information content (AvgIpc) is 2.01. The second-order valence-electron chi connectivity index (χ2n) is 3.22. The maximum absolute atomic E-state index is 7.24. The zero-order chi connectivity index (χ0) is 10.7. The molecular weight excluding hydrogens is 180 g/mol. The number of amidine groups is 1. The Balaban J connectivity index is 3.01. The highest BCUT2D eigenvalue weighted by Gasteiger charge is 2.06.